The van der Waals surface area contributed by atoms with Crippen molar-refractivity contribution >= 4 is 11.9 Å². The maximum absolute atomic E-state index is 12.5. The molecule has 0 spiro atoms. The van der Waals surface area contributed by atoms with Crippen LogP contribution in [0.4, 0.5) is 0 Å². The van der Waals surface area contributed by atoms with E-state index >= 15 is 0 Å². The third kappa shape index (κ3) is 14.3. The Hall–Kier alpha value is -3.40. The Kier molecular flexibility index (Phi) is 18.7. The van der Waals surface area contributed by atoms with Gasteiger partial charge in [0.1, 0.15) is 48.8 Å². The van der Waals surface area contributed by atoms with Gasteiger partial charge in [0.2, 0.25) is 6.29 Å². The summed E-state index contributed by atoms with van der Waals surface area (Å²) < 4.78 is 30.2. The molecule has 0 amide bonds. The summed E-state index contributed by atoms with van der Waals surface area (Å²) in [5.74, 6) is -1.58. The maximum atomic E-state index is 12.5. The van der Waals surface area contributed by atoms with Gasteiger partial charge in [-0.15, -0.1) is 0 Å². The zero-order chi connectivity index (χ0) is 38.2. The third-order valence-corrected chi connectivity index (χ3v) is 7.46. The minimum Gasteiger partial charge on any atom is -0.435 e. The predicted molar refractivity (Wildman–Crippen MR) is 175 cm³/mol. The number of esters is 2. The Labute approximate surface area is 294 Å². The lowest BCUT2D eigenvalue weighted by molar-refractivity contribution is -0.313. The largest absolute Gasteiger partial charge is 0.435 e. The van der Waals surface area contributed by atoms with Gasteiger partial charge in [0, 0.05) is 11.1 Å². The first-order chi connectivity index (χ1) is 24.1. The van der Waals surface area contributed by atoms with Gasteiger partial charge < -0.3 is 74.4 Å². The van der Waals surface area contributed by atoms with E-state index in [-0.39, 0.29) is 11.1 Å². The van der Waals surface area contributed by atoms with Gasteiger partial charge >= 0.3 is 11.9 Å². The second-order valence-electron chi connectivity index (χ2n) is 11.6. The van der Waals surface area contributed by atoms with Gasteiger partial charge in [0.05, 0.1) is 13.2 Å². The molecule has 2 heterocycles. The molecular formula is C34H48O17. The fraction of sp³-hybridized carbons (Fsp3) is 0.529. The van der Waals surface area contributed by atoms with Crippen molar-refractivity contribution in [2.45, 2.75) is 95.6 Å². The predicted octanol–water partition coefficient (Wildman–Crippen LogP) is -1.61. The lowest BCUT2D eigenvalue weighted by atomic mass is 9.99. The van der Waals surface area contributed by atoms with Crippen LogP contribution in [0.5, 0.6) is 0 Å². The molecule has 0 aromatic carbocycles. The summed E-state index contributed by atoms with van der Waals surface area (Å²) >= 11 is 0. The van der Waals surface area contributed by atoms with Crippen molar-refractivity contribution in [2.24, 2.45) is 0 Å². The van der Waals surface area contributed by atoms with Gasteiger partial charge in [0.25, 0.3) is 6.48 Å². The minimum absolute atomic E-state index is 0.133. The van der Waals surface area contributed by atoms with Crippen LogP contribution >= 0.6 is 0 Å². The molecule has 17 heteroatoms. The molecule has 6 unspecified atom stereocenters. The van der Waals surface area contributed by atoms with Crippen LogP contribution in [0.3, 0.4) is 0 Å². The Bertz CT molecular complexity index is 1340. The van der Waals surface area contributed by atoms with Crippen molar-refractivity contribution in [3.8, 4) is 0 Å². The maximum Gasteiger partial charge on any atom is 0.336 e. The summed E-state index contributed by atoms with van der Waals surface area (Å²) in [6, 6.07) is 0. The van der Waals surface area contributed by atoms with E-state index in [1.165, 1.54) is 26.0 Å². The highest BCUT2D eigenvalue weighted by molar-refractivity contribution is 5.88. The SMILES string of the molecule is CC(/C=C/C=C(\C)C(=O)OCO[C@@H]1OC(CO)[C@@H](O)C(O)C1O)=C\C=C\C=C(C)\C=C\C=C(/C)C(=O)O[C@@H]1OC(COC(O)O)[C@@H](O)C(O)C1O. The molecular weight excluding hydrogens is 680 g/mol. The number of hydrogen-bond acceptors (Lipinski definition) is 17. The van der Waals surface area contributed by atoms with Gasteiger partial charge in [-0.25, -0.2) is 9.59 Å². The summed E-state index contributed by atoms with van der Waals surface area (Å²) in [6.07, 6.45) is 1.44. The van der Waals surface area contributed by atoms with Crippen molar-refractivity contribution in [1.29, 1.82) is 0 Å². The number of aliphatic hydroxyl groups excluding tert-OH is 8. The number of ether oxygens (including phenoxy) is 6. The van der Waals surface area contributed by atoms with Crippen LogP contribution in [-0.4, -0.2) is 146 Å². The quantitative estimate of drug-likeness (QED) is 0.0374. The second-order valence-corrected chi connectivity index (χ2v) is 11.6. The fourth-order valence-corrected chi connectivity index (χ4v) is 4.35. The van der Waals surface area contributed by atoms with Crippen molar-refractivity contribution in [3.05, 3.63) is 83.1 Å². The van der Waals surface area contributed by atoms with Crippen LogP contribution in [-0.2, 0) is 38.0 Å². The first-order valence-electron chi connectivity index (χ1n) is 15.8. The molecule has 2 fully saturated rings. The molecule has 286 valence electrons. The van der Waals surface area contributed by atoms with Gasteiger partial charge in [-0.3, -0.25) is 0 Å². The zero-order valence-electron chi connectivity index (χ0n) is 28.5. The van der Waals surface area contributed by atoms with E-state index in [2.05, 4.69) is 4.74 Å². The number of carbonyl (C=O) groups is 2. The smallest absolute Gasteiger partial charge is 0.336 e. The molecule has 2 saturated heterocycles. The molecule has 0 aliphatic carbocycles. The first-order valence-corrected chi connectivity index (χ1v) is 15.8. The van der Waals surface area contributed by atoms with Crippen LogP contribution < -0.4 is 0 Å². The fourth-order valence-electron chi connectivity index (χ4n) is 4.35. The number of rotatable bonds is 16. The Morgan fingerprint density at radius 2 is 1.14 bits per heavy atom. The summed E-state index contributed by atoms with van der Waals surface area (Å²) in [4.78, 5) is 24.7. The molecule has 2 aliphatic heterocycles. The average Bonchev–Trinajstić information content (AvgIpc) is 3.09. The van der Waals surface area contributed by atoms with Crippen LogP contribution in [0.2, 0.25) is 0 Å². The molecule has 9 N–H and O–H groups in total. The van der Waals surface area contributed by atoms with E-state index in [4.69, 9.17) is 33.9 Å². The van der Waals surface area contributed by atoms with Crippen LogP contribution in [0.1, 0.15) is 27.7 Å². The van der Waals surface area contributed by atoms with Gasteiger partial charge in [-0.05, 0) is 27.7 Å². The molecule has 0 aromatic rings. The molecule has 0 radical (unpaired) electrons. The van der Waals surface area contributed by atoms with Crippen LogP contribution in [0, 0.1) is 0 Å². The summed E-state index contributed by atoms with van der Waals surface area (Å²) in [5, 5.41) is 86.6. The molecule has 17 nitrogen and oxygen atoms in total. The molecule has 51 heavy (non-hydrogen) atoms. The van der Waals surface area contributed by atoms with Crippen molar-refractivity contribution in [1.82, 2.24) is 0 Å². The highest BCUT2D eigenvalue weighted by atomic mass is 16.8. The minimum atomic E-state index is -2.16. The third-order valence-electron chi connectivity index (χ3n) is 7.46. The standard InChI is InChI=1S/C34H48O17/c1-18(11-7-13-20(3)30(42)47-17-48-32-28(40)26(38)24(36)22(15-35)49-32)9-5-6-10-19(2)12-8-14-21(4)31(43)51-33-29(41)27(39)25(37)23(50-33)16-46-34(44)45/h5-14,22-29,32-41,44-45H,15-17H2,1-4H3/b6-5+,11-7+,12-8+,18-9+,19-10+,20-13+,21-14+/t22?,23?,24-,25-,26?,27?,28?,29?,32-,33+/m1/s1. The van der Waals surface area contributed by atoms with E-state index < -0.39 is 99.8 Å². The van der Waals surface area contributed by atoms with E-state index in [0.29, 0.717) is 0 Å². The van der Waals surface area contributed by atoms with Crippen molar-refractivity contribution < 1.29 is 84.0 Å². The lowest BCUT2D eigenvalue weighted by Crippen LogP contribution is -2.59. The monoisotopic (exact) mass is 728 g/mol. The Balaban J connectivity index is 1.81. The molecule has 0 bridgehead atoms. The number of allylic oxidation sites excluding steroid dienone is 12. The van der Waals surface area contributed by atoms with Crippen molar-refractivity contribution in [2.75, 3.05) is 20.0 Å². The van der Waals surface area contributed by atoms with Crippen LogP contribution in [0.25, 0.3) is 0 Å². The molecule has 0 saturated carbocycles. The lowest BCUT2D eigenvalue weighted by Gasteiger charge is -2.39. The van der Waals surface area contributed by atoms with E-state index in [1.54, 1.807) is 36.5 Å². The summed E-state index contributed by atoms with van der Waals surface area (Å²) in [7, 11) is 0. The highest BCUT2D eigenvalue weighted by Crippen LogP contribution is 2.24. The van der Waals surface area contributed by atoms with Crippen LogP contribution in [0.15, 0.2) is 83.1 Å². The Morgan fingerprint density at radius 3 is 1.67 bits per heavy atom. The number of hydrogen-bond donors (Lipinski definition) is 9. The first kappa shape index (κ1) is 43.8. The van der Waals surface area contributed by atoms with Gasteiger partial charge in [-0.2, -0.15) is 0 Å². The summed E-state index contributed by atoms with van der Waals surface area (Å²) in [5.41, 5.74) is 2.06. The second kappa shape index (κ2) is 21.8. The average molecular weight is 729 g/mol. The van der Waals surface area contributed by atoms with E-state index in [1.807, 2.05) is 26.0 Å². The van der Waals surface area contributed by atoms with E-state index in [9.17, 15) is 45.3 Å². The molecule has 10 atom stereocenters. The number of aliphatic hydroxyl groups is 9. The van der Waals surface area contributed by atoms with Gasteiger partial charge in [0.15, 0.2) is 13.1 Å². The normalized spacial score (nSPS) is 31.6. The molecule has 2 rings (SSSR count). The van der Waals surface area contributed by atoms with Crippen molar-refractivity contribution in [3.63, 3.8) is 0 Å². The van der Waals surface area contributed by atoms with Gasteiger partial charge in [-0.1, -0.05) is 71.9 Å². The Morgan fingerprint density at radius 1 is 0.647 bits per heavy atom. The molecule has 2 aliphatic rings. The summed E-state index contributed by atoms with van der Waals surface area (Å²) in [6.45, 7) is 2.69. The zero-order valence-corrected chi connectivity index (χ0v) is 28.5. The van der Waals surface area contributed by atoms with E-state index in [0.717, 1.165) is 11.1 Å². The number of carbonyl (C=O) groups excluding carboxylic acids is 2. The highest BCUT2D eigenvalue weighted by Gasteiger charge is 2.46. The topological polar surface area (TPSA) is 272 Å². The molecule has 0 aromatic heterocycles.